The van der Waals surface area contributed by atoms with E-state index < -0.39 is 0 Å². The maximum atomic E-state index is 5.20. The molecule has 52 valence electrons. The minimum atomic E-state index is 0.955. The third kappa shape index (κ3) is 4.12. The predicted octanol–water partition coefficient (Wildman–Crippen LogP) is 1.58. The molecule has 0 aromatic heterocycles. The third-order valence-electron chi connectivity index (χ3n) is 0.879. The van der Waals surface area contributed by atoms with E-state index >= 15 is 0 Å². The average Bonchev–Trinajstić information content (AvgIpc) is 1.88. The fourth-order valence-electron chi connectivity index (χ4n) is 0.433. The van der Waals surface area contributed by atoms with E-state index in [1.54, 1.807) is 6.20 Å². The third-order valence-corrected chi connectivity index (χ3v) is 1.30. The van der Waals surface area contributed by atoms with E-state index in [9.17, 15) is 0 Å². The first-order chi connectivity index (χ1) is 4.35. The largest absolute Gasteiger partial charge is 0.365 e. The smallest absolute Gasteiger partial charge is 0.0220 e. The van der Waals surface area contributed by atoms with Crippen LogP contribution in [0.5, 0.6) is 0 Å². The second-order valence-corrected chi connectivity index (χ2v) is 1.99. The number of rotatable bonds is 4. The SMILES string of the molecule is C=CN/C(=C\SN)CC. The Hall–Kier alpha value is -0.410. The van der Waals surface area contributed by atoms with Crippen LogP contribution in [0, 0.1) is 0 Å². The molecule has 0 amide bonds. The van der Waals surface area contributed by atoms with E-state index in [2.05, 4.69) is 18.8 Å². The van der Waals surface area contributed by atoms with Crippen LogP contribution in [0.25, 0.3) is 0 Å². The molecule has 0 rings (SSSR count). The molecule has 0 fully saturated rings. The van der Waals surface area contributed by atoms with Crippen molar-refractivity contribution >= 4 is 11.9 Å². The summed E-state index contributed by atoms with van der Waals surface area (Å²) in [6, 6.07) is 0. The highest BCUT2D eigenvalue weighted by Gasteiger charge is 1.85. The highest BCUT2D eigenvalue weighted by molar-refractivity contribution is 7.99. The predicted molar refractivity (Wildman–Crippen MR) is 43.5 cm³/mol. The Morgan fingerprint density at radius 2 is 2.56 bits per heavy atom. The molecule has 3 N–H and O–H groups in total. The first-order valence-corrected chi connectivity index (χ1v) is 3.71. The Balaban J connectivity index is 3.65. The lowest BCUT2D eigenvalue weighted by molar-refractivity contribution is 0.952. The minimum Gasteiger partial charge on any atom is -0.365 e. The van der Waals surface area contributed by atoms with Crippen LogP contribution in [0.2, 0.25) is 0 Å². The van der Waals surface area contributed by atoms with Crippen LogP contribution in [0.15, 0.2) is 23.9 Å². The lowest BCUT2D eigenvalue weighted by atomic mass is 10.4. The van der Waals surface area contributed by atoms with E-state index in [0.29, 0.717) is 0 Å². The molecule has 0 heterocycles. The number of allylic oxidation sites excluding steroid dienone is 1. The van der Waals surface area contributed by atoms with E-state index in [4.69, 9.17) is 5.14 Å². The van der Waals surface area contributed by atoms with Crippen molar-refractivity contribution in [3.63, 3.8) is 0 Å². The summed E-state index contributed by atoms with van der Waals surface area (Å²) in [5.74, 6) is 0. The molecule has 0 aliphatic rings. The maximum absolute atomic E-state index is 5.20. The lowest BCUT2D eigenvalue weighted by Gasteiger charge is -2.00. The molecule has 0 radical (unpaired) electrons. The van der Waals surface area contributed by atoms with Crippen LogP contribution in [0.4, 0.5) is 0 Å². The molecular formula is C6H12N2S. The Kier molecular flexibility index (Phi) is 5.46. The van der Waals surface area contributed by atoms with Gasteiger partial charge in [-0.2, -0.15) is 0 Å². The summed E-state index contributed by atoms with van der Waals surface area (Å²) in [6.45, 7) is 5.58. The van der Waals surface area contributed by atoms with Crippen LogP contribution >= 0.6 is 11.9 Å². The van der Waals surface area contributed by atoms with Gasteiger partial charge in [0.15, 0.2) is 0 Å². The molecule has 0 atom stereocenters. The van der Waals surface area contributed by atoms with E-state index in [1.807, 2.05) is 5.41 Å². The van der Waals surface area contributed by atoms with Gasteiger partial charge >= 0.3 is 0 Å². The zero-order valence-electron chi connectivity index (χ0n) is 5.55. The van der Waals surface area contributed by atoms with Gasteiger partial charge in [0.1, 0.15) is 0 Å². The molecule has 0 aliphatic carbocycles. The molecule has 0 saturated carbocycles. The summed E-state index contributed by atoms with van der Waals surface area (Å²) in [6.07, 6.45) is 2.60. The topological polar surface area (TPSA) is 38.0 Å². The van der Waals surface area contributed by atoms with Gasteiger partial charge in [-0.3, -0.25) is 5.14 Å². The molecule has 9 heavy (non-hydrogen) atoms. The summed E-state index contributed by atoms with van der Waals surface area (Å²) >= 11 is 1.20. The molecule has 0 saturated heterocycles. The Labute approximate surface area is 60.3 Å². The number of nitrogens with one attached hydrogen (secondary N) is 1. The monoisotopic (exact) mass is 144 g/mol. The van der Waals surface area contributed by atoms with Gasteiger partial charge in [0.05, 0.1) is 0 Å². The van der Waals surface area contributed by atoms with Gasteiger partial charge < -0.3 is 5.32 Å². The second kappa shape index (κ2) is 5.72. The summed E-state index contributed by atoms with van der Waals surface area (Å²) in [5, 5.41) is 10.0. The van der Waals surface area contributed by atoms with Crippen molar-refractivity contribution in [2.24, 2.45) is 5.14 Å². The fourth-order valence-corrected chi connectivity index (χ4v) is 0.832. The van der Waals surface area contributed by atoms with Crippen molar-refractivity contribution in [2.75, 3.05) is 0 Å². The molecule has 0 aliphatic heterocycles. The highest BCUT2D eigenvalue weighted by atomic mass is 32.2. The van der Waals surface area contributed by atoms with Crippen molar-refractivity contribution in [3.8, 4) is 0 Å². The van der Waals surface area contributed by atoms with Crippen LogP contribution in [0.1, 0.15) is 13.3 Å². The zero-order chi connectivity index (χ0) is 7.11. The summed E-state index contributed by atoms with van der Waals surface area (Å²) in [4.78, 5) is 0. The first-order valence-electron chi connectivity index (χ1n) is 2.77. The van der Waals surface area contributed by atoms with Crippen molar-refractivity contribution < 1.29 is 0 Å². The molecule has 2 nitrogen and oxygen atoms in total. The van der Waals surface area contributed by atoms with Crippen LogP contribution < -0.4 is 10.5 Å². The lowest BCUT2D eigenvalue weighted by Crippen LogP contribution is -2.02. The average molecular weight is 144 g/mol. The highest BCUT2D eigenvalue weighted by Crippen LogP contribution is 2.00. The van der Waals surface area contributed by atoms with Gasteiger partial charge in [-0.25, -0.2) is 0 Å². The minimum absolute atomic E-state index is 0.955. The van der Waals surface area contributed by atoms with E-state index in [1.165, 1.54) is 11.9 Å². The normalized spacial score (nSPS) is 11.1. The van der Waals surface area contributed by atoms with Crippen LogP contribution in [-0.4, -0.2) is 0 Å². The van der Waals surface area contributed by atoms with E-state index in [-0.39, 0.29) is 0 Å². The van der Waals surface area contributed by atoms with Gasteiger partial charge in [-0.05, 0) is 12.6 Å². The van der Waals surface area contributed by atoms with Crippen LogP contribution in [-0.2, 0) is 0 Å². The Bertz CT molecular complexity index is 110. The summed E-state index contributed by atoms with van der Waals surface area (Å²) in [7, 11) is 0. The molecule has 3 heteroatoms. The molecule has 0 unspecified atom stereocenters. The van der Waals surface area contributed by atoms with Crippen LogP contribution in [0.3, 0.4) is 0 Å². The van der Waals surface area contributed by atoms with Gasteiger partial charge in [0.2, 0.25) is 0 Å². The molecule has 0 aromatic carbocycles. The molecule has 0 bridgehead atoms. The molecule has 0 aromatic rings. The van der Waals surface area contributed by atoms with Crippen molar-refractivity contribution in [1.82, 2.24) is 5.32 Å². The van der Waals surface area contributed by atoms with Crippen molar-refractivity contribution in [2.45, 2.75) is 13.3 Å². The number of hydrogen-bond donors (Lipinski definition) is 2. The zero-order valence-corrected chi connectivity index (χ0v) is 6.37. The Morgan fingerprint density at radius 3 is 2.89 bits per heavy atom. The van der Waals surface area contributed by atoms with Gasteiger partial charge in [0.25, 0.3) is 0 Å². The van der Waals surface area contributed by atoms with Gasteiger partial charge in [-0.1, -0.05) is 25.5 Å². The number of hydrogen-bond acceptors (Lipinski definition) is 3. The molecular weight excluding hydrogens is 132 g/mol. The van der Waals surface area contributed by atoms with Crippen molar-refractivity contribution in [3.05, 3.63) is 23.9 Å². The van der Waals surface area contributed by atoms with Gasteiger partial charge in [-0.15, -0.1) is 0 Å². The summed E-state index contributed by atoms with van der Waals surface area (Å²) in [5.41, 5.74) is 1.09. The number of nitrogens with two attached hydrogens (primary N) is 1. The standard InChI is InChI=1S/C6H12N2S/c1-3-6(5-9-7)8-4-2/h4-5,8H,2-3,7H2,1H3/b6-5-. The van der Waals surface area contributed by atoms with E-state index in [0.717, 1.165) is 12.1 Å². The van der Waals surface area contributed by atoms with Gasteiger partial charge in [0, 0.05) is 11.1 Å². The maximum Gasteiger partial charge on any atom is 0.0220 e. The van der Waals surface area contributed by atoms with Crippen molar-refractivity contribution in [1.29, 1.82) is 0 Å². The quantitative estimate of drug-likeness (QED) is 0.588. The molecule has 0 spiro atoms. The first kappa shape index (κ1) is 8.59. The fraction of sp³-hybridized carbons (Fsp3) is 0.333. The summed E-state index contributed by atoms with van der Waals surface area (Å²) < 4.78 is 0. The Morgan fingerprint density at radius 1 is 1.89 bits per heavy atom. The second-order valence-electron chi connectivity index (χ2n) is 1.48.